The minimum Gasteiger partial charge on any atom is -0.352 e. The highest BCUT2D eigenvalue weighted by atomic mass is 35.5. The van der Waals surface area contributed by atoms with Crippen molar-refractivity contribution in [3.8, 4) is 0 Å². The summed E-state index contributed by atoms with van der Waals surface area (Å²) in [6.45, 7) is 1.93. The molecule has 2 aromatic heterocycles. The molecule has 0 aliphatic carbocycles. The number of hydrogen-bond donors (Lipinski definition) is 3. The zero-order valence-corrected chi connectivity index (χ0v) is 18.1. The van der Waals surface area contributed by atoms with Crippen LogP contribution in [-0.4, -0.2) is 34.6 Å². The van der Waals surface area contributed by atoms with E-state index in [0.717, 1.165) is 24.6 Å². The number of thiophene rings is 1. The van der Waals surface area contributed by atoms with Crippen LogP contribution in [0.4, 0.5) is 40.9 Å². The monoisotopic (exact) mass is 523 g/mol. The Morgan fingerprint density at radius 2 is 1.85 bits per heavy atom. The smallest absolute Gasteiger partial charge is 0.352 e. The summed E-state index contributed by atoms with van der Waals surface area (Å²) in [5, 5.41) is 14.7. The number of alkyl halides is 8. The number of rotatable bonds is 7. The van der Waals surface area contributed by atoms with Gasteiger partial charge in [-0.1, -0.05) is 11.6 Å². The molecular weight excluding hydrogens is 510 g/mol. The van der Waals surface area contributed by atoms with Gasteiger partial charge in [-0.15, -0.1) is 11.3 Å². The van der Waals surface area contributed by atoms with Crippen molar-refractivity contribution in [1.29, 1.82) is 5.41 Å². The van der Waals surface area contributed by atoms with Crippen LogP contribution in [0.3, 0.4) is 0 Å². The van der Waals surface area contributed by atoms with Gasteiger partial charge in [-0.3, -0.25) is 9.48 Å². The number of amides is 1. The molecule has 0 atom stereocenters. The van der Waals surface area contributed by atoms with E-state index in [0.29, 0.717) is 6.21 Å². The second-order valence-electron chi connectivity index (χ2n) is 6.31. The predicted octanol–water partition coefficient (Wildman–Crippen LogP) is 5.66. The second-order valence-corrected chi connectivity index (χ2v) is 7.97. The van der Waals surface area contributed by atoms with Gasteiger partial charge in [0.25, 0.3) is 5.91 Å². The normalized spacial score (nSPS) is 13.2. The topological polar surface area (TPSA) is 82.8 Å². The fraction of sp³-hybridized carbons (Fsp3) is 0.353. The van der Waals surface area contributed by atoms with E-state index >= 15 is 0 Å². The van der Waals surface area contributed by atoms with Crippen LogP contribution < -0.4 is 10.6 Å². The van der Waals surface area contributed by atoms with Gasteiger partial charge < -0.3 is 16.0 Å². The molecule has 182 valence electrons. The highest BCUT2D eigenvalue weighted by Crippen LogP contribution is 2.49. The molecule has 2 rings (SSSR count). The zero-order chi connectivity index (χ0) is 25.4. The van der Waals surface area contributed by atoms with Gasteiger partial charge in [0, 0.05) is 36.5 Å². The molecule has 1 amide bonds. The third-order valence-electron chi connectivity index (χ3n) is 4.06. The van der Waals surface area contributed by atoms with Crippen molar-refractivity contribution in [3.05, 3.63) is 38.3 Å². The molecule has 0 fully saturated rings. The van der Waals surface area contributed by atoms with Crippen molar-refractivity contribution in [2.24, 2.45) is 7.05 Å². The number of aromatic nitrogens is 2. The lowest BCUT2D eigenvalue weighted by atomic mass is 10.1. The fourth-order valence-corrected chi connectivity index (χ4v) is 3.82. The summed E-state index contributed by atoms with van der Waals surface area (Å²) in [6, 6.07) is 1.24. The lowest BCUT2D eigenvalue weighted by Gasteiger charge is -2.19. The number of nitrogens with one attached hydrogen (secondary N) is 3. The number of anilines is 1. The molecule has 2 heterocycles. The Morgan fingerprint density at radius 3 is 2.33 bits per heavy atom. The molecule has 0 unspecified atom stereocenters. The van der Waals surface area contributed by atoms with Gasteiger partial charge in [-0.2, -0.15) is 40.2 Å². The van der Waals surface area contributed by atoms with Crippen LogP contribution in [0, 0.1) is 5.41 Å². The van der Waals surface area contributed by atoms with E-state index in [2.05, 4.69) is 10.4 Å². The van der Waals surface area contributed by atoms with Crippen molar-refractivity contribution in [1.82, 2.24) is 15.1 Å². The molecule has 0 spiro atoms. The summed E-state index contributed by atoms with van der Waals surface area (Å²) in [5.41, 5.74) is -4.96. The average Bonchev–Trinajstić information content (AvgIpc) is 3.22. The first-order valence-corrected chi connectivity index (χ1v) is 9.89. The third kappa shape index (κ3) is 5.29. The first-order valence-electron chi connectivity index (χ1n) is 8.70. The summed E-state index contributed by atoms with van der Waals surface area (Å²) in [6.07, 6.45) is -10.5. The van der Waals surface area contributed by atoms with Crippen molar-refractivity contribution in [2.75, 3.05) is 11.9 Å². The molecule has 0 aliphatic heterocycles. The Kier molecular flexibility index (Phi) is 7.48. The Labute approximate surface area is 189 Å². The van der Waals surface area contributed by atoms with Gasteiger partial charge in [-0.05, 0) is 13.0 Å². The first-order chi connectivity index (χ1) is 15.1. The molecule has 0 aliphatic rings. The lowest BCUT2D eigenvalue weighted by molar-refractivity contribution is -0.292. The minimum atomic E-state index is -6.32. The molecule has 0 bridgehead atoms. The van der Waals surface area contributed by atoms with Crippen LogP contribution in [0.2, 0.25) is 4.34 Å². The predicted molar refractivity (Wildman–Crippen MR) is 106 cm³/mol. The maximum atomic E-state index is 13.7. The maximum Gasteiger partial charge on any atom is 0.459 e. The number of hydrogen-bond acceptors (Lipinski definition) is 5. The Hall–Kier alpha value is -2.68. The summed E-state index contributed by atoms with van der Waals surface area (Å²) < 4.78 is 106. The van der Waals surface area contributed by atoms with Gasteiger partial charge in [0.2, 0.25) is 0 Å². The van der Waals surface area contributed by atoms with Crippen LogP contribution >= 0.6 is 22.9 Å². The number of aryl methyl sites for hydroxylation is 1. The summed E-state index contributed by atoms with van der Waals surface area (Å²) in [7, 11) is 0.737. The Balaban J connectivity index is 2.56. The van der Waals surface area contributed by atoms with Gasteiger partial charge in [0.05, 0.1) is 5.56 Å². The van der Waals surface area contributed by atoms with E-state index in [4.69, 9.17) is 17.0 Å². The number of allylic oxidation sites excluding steroid dienone is 1. The lowest BCUT2D eigenvalue weighted by Crippen LogP contribution is -2.36. The molecule has 0 saturated heterocycles. The number of carbonyl (C=O) groups excluding carboxylic acids is 1. The molecule has 0 saturated carbocycles. The minimum absolute atomic E-state index is 0.00678. The molecule has 0 radical (unpaired) electrons. The molecule has 16 heteroatoms. The van der Waals surface area contributed by atoms with E-state index in [9.17, 15) is 39.9 Å². The Bertz CT molecular complexity index is 1090. The molecule has 2 aromatic rings. The zero-order valence-electron chi connectivity index (χ0n) is 16.6. The van der Waals surface area contributed by atoms with Crippen LogP contribution in [0.1, 0.15) is 33.4 Å². The molecule has 33 heavy (non-hydrogen) atoms. The Morgan fingerprint density at radius 1 is 1.24 bits per heavy atom. The van der Waals surface area contributed by atoms with Gasteiger partial charge >= 0.3 is 18.3 Å². The van der Waals surface area contributed by atoms with Crippen molar-refractivity contribution in [3.63, 3.8) is 0 Å². The second kappa shape index (κ2) is 9.29. The molecular formula is C17H14ClF8N5OS. The van der Waals surface area contributed by atoms with Gasteiger partial charge in [0.15, 0.2) is 5.69 Å². The number of nitrogens with zero attached hydrogens (tertiary/aromatic N) is 2. The van der Waals surface area contributed by atoms with Gasteiger partial charge in [-0.25, -0.2) is 0 Å². The molecule has 3 N–H and O–H groups in total. The quantitative estimate of drug-likeness (QED) is 0.323. The van der Waals surface area contributed by atoms with E-state index < -0.39 is 41.3 Å². The van der Waals surface area contributed by atoms with Crippen molar-refractivity contribution < 1.29 is 39.9 Å². The average molecular weight is 524 g/mol. The van der Waals surface area contributed by atoms with Crippen LogP contribution in [-0.2, 0) is 19.1 Å². The fourth-order valence-electron chi connectivity index (χ4n) is 2.56. The van der Waals surface area contributed by atoms with Crippen molar-refractivity contribution in [2.45, 2.75) is 25.2 Å². The SMILES string of the molecule is CCNC(=O)c1cc(/C(C=N)=C/Nc2c(C(F)(F)F)c(C(F)(F)C(F)(F)F)nn2C)sc1Cl. The highest BCUT2D eigenvalue weighted by Gasteiger charge is 2.64. The molecule has 0 aromatic carbocycles. The first kappa shape index (κ1) is 26.6. The van der Waals surface area contributed by atoms with Crippen LogP contribution in [0.5, 0.6) is 0 Å². The molecule has 6 nitrogen and oxygen atoms in total. The largest absolute Gasteiger partial charge is 0.459 e. The van der Waals surface area contributed by atoms with Crippen LogP contribution in [0.15, 0.2) is 12.3 Å². The number of carbonyl (C=O) groups is 1. The summed E-state index contributed by atoms with van der Waals surface area (Å²) in [4.78, 5) is 12.1. The van der Waals surface area contributed by atoms with E-state index in [1.165, 1.54) is 6.07 Å². The van der Waals surface area contributed by atoms with Crippen LogP contribution in [0.25, 0.3) is 5.57 Å². The van der Waals surface area contributed by atoms with E-state index in [1.807, 2.05) is 5.32 Å². The van der Waals surface area contributed by atoms with E-state index in [-0.39, 0.29) is 31.6 Å². The van der Waals surface area contributed by atoms with E-state index in [1.54, 1.807) is 6.92 Å². The third-order valence-corrected chi connectivity index (χ3v) is 5.46. The van der Waals surface area contributed by atoms with Gasteiger partial charge in [0.1, 0.15) is 15.7 Å². The summed E-state index contributed by atoms with van der Waals surface area (Å²) >= 11 is 6.78. The van der Waals surface area contributed by atoms with Crippen molar-refractivity contribution >= 4 is 46.5 Å². The maximum absolute atomic E-state index is 13.7. The number of halogens is 9. The standard InChI is InChI=1S/C17H14ClF8N5OS/c1-3-28-14(32)8-4-9(33-12(8)18)7(5-27)6-29-13-10(16(21,22)23)11(30-31(13)2)15(19,20)17(24,25)26/h4-6,27,29H,3H2,1-2H3,(H,28,32)/b7-6+,27-5?. The summed E-state index contributed by atoms with van der Waals surface area (Å²) in [5.74, 6) is -7.65. The highest BCUT2D eigenvalue weighted by molar-refractivity contribution is 7.17.